The molecule has 29 heavy (non-hydrogen) atoms. The maximum absolute atomic E-state index is 13.2. The highest BCUT2D eigenvalue weighted by Crippen LogP contribution is 2.27. The fourth-order valence-electron chi connectivity index (χ4n) is 3.80. The van der Waals surface area contributed by atoms with Crippen molar-refractivity contribution in [3.8, 4) is 0 Å². The van der Waals surface area contributed by atoms with Crippen molar-refractivity contribution in [3.63, 3.8) is 0 Å². The Morgan fingerprint density at radius 1 is 1.03 bits per heavy atom. The van der Waals surface area contributed by atoms with Gasteiger partial charge < -0.3 is 4.90 Å². The minimum atomic E-state index is -0.456. The molecule has 8 heteroatoms. The van der Waals surface area contributed by atoms with Gasteiger partial charge >= 0.3 is 6.03 Å². The van der Waals surface area contributed by atoms with E-state index in [0.29, 0.717) is 25.3 Å². The second-order valence-electron chi connectivity index (χ2n) is 7.13. The van der Waals surface area contributed by atoms with Crippen LogP contribution in [0.1, 0.15) is 12.0 Å². The van der Waals surface area contributed by atoms with Crippen molar-refractivity contribution in [1.29, 1.82) is 0 Å². The number of hydrogen-bond donors (Lipinski definition) is 0. The number of hydrogen-bond acceptors (Lipinski definition) is 4. The number of carbonyl (C=O) groups excluding carboxylic acids is 1. The summed E-state index contributed by atoms with van der Waals surface area (Å²) in [5.41, 5.74) is 1.64. The molecule has 0 bridgehead atoms. The first-order valence-corrected chi connectivity index (χ1v) is 9.51. The summed E-state index contributed by atoms with van der Waals surface area (Å²) in [6.45, 7) is 2.51. The molecule has 2 aromatic rings. The first-order chi connectivity index (χ1) is 14.0. The van der Waals surface area contributed by atoms with Gasteiger partial charge in [0.05, 0.1) is 4.92 Å². The molecule has 1 unspecified atom stereocenters. The van der Waals surface area contributed by atoms with Gasteiger partial charge in [-0.05, 0) is 36.2 Å². The van der Waals surface area contributed by atoms with Crippen LogP contribution in [-0.2, 0) is 6.54 Å². The Morgan fingerprint density at radius 2 is 1.76 bits per heavy atom. The van der Waals surface area contributed by atoms with Crippen molar-refractivity contribution in [2.24, 2.45) is 0 Å². The number of amides is 2. The van der Waals surface area contributed by atoms with Gasteiger partial charge in [0, 0.05) is 44.0 Å². The van der Waals surface area contributed by atoms with Crippen molar-refractivity contribution < 1.29 is 14.1 Å². The van der Waals surface area contributed by atoms with Gasteiger partial charge in [-0.2, -0.15) is 0 Å². The lowest BCUT2D eigenvalue weighted by atomic mass is 10.1. The molecule has 7 nitrogen and oxygen atoms in total. The Labute approximate surface area is 167 Å². The van der Waals surface area contributed by atoms with Crippen molar-refractivity contribution in [3.05, 3.63) is 82.2 Å². The Bertz CT molecular complexity index is 930. The minimum absolute atomic E-state index is 0.00191. The molecule has 1 atom stereocenters. The second kappa shape index (κ2) is 8.00. The number of urea groups is 1. The number of rotatable bonds is 5. The van der Waals surface area contributed by atoms with E-state index in [4.69, 9.17) is 0 Å². The maximum Gasteiger partial charge on any atom is 0.326 e. The molecule has 4 rings (SSSR count). The third-order valence-electron chi connectivity index (χ3n) is 5.30. The summed E-state index contributed by atoms with van der Waals surface area (Å²) < 4.78 is 13.2. The summed E-state index contributed by atoms with van der Waals surface area (Å²) >= 11 is 0. The topological polar surface area (TPSA) is 69.9 Å². The van der Waals surface area contributed by atoms with Crippen LogP contribution in [0, 0.1) is 15.9 Å². The van der Waals surface area contributed by atoms with E-state index in [1.807, 2.05) is 6.08 Å². The molecule has 0 radical (unpaired) electrons. The van der Waals surface area contributed by atoms with Crippen LogP contribution in [0.4, 0.5) is 20.6 Å². The summed E-state index contributed by atoms with van der Waals surface area (Å²) in [4.78, 5) is 29.1. The number of halogens is 1. The Balaban J connectivity index is 1.49. The molecule has 0 aromatic heterocycles. The molecule has 2 aromatic carbocycles. The van der Waals surface area contributed by atoms with E-state index in [1.54, 1.807) is 34.1 Å². The van der Waals surface area contributed by atoms with Crippen LogP contribution >= 0.6 is 0 Å². The first kappa shape index (κ1) is 19.1. The highest BCUT2D eigenvalue weighted by atomic mass is 19.1. The van der Waals surface area contributed by atoms with Crippen molar-refractivity contribution >= 4 is 17.4 Å². The summed E-state index contributed by atoms with van der Waals surface area (Å²) in [7, 11) is 0. The Morgan fingerprint density at radius 3 is 2.45 bits per heavy atom. The molecule has 2 amide bonds. The maximum atomic E-state index is 13.2. The molecule has 1 saturated heterocycles. The third kappa shape index (κ3) is 3.97. The molecule has 1 fully saturated rings. The molecule has 0 N–H and O–H groups in total. The first-order valence-electron chi connectivity index (χ1n) is 9.51. The largest absolute Gasteiger partial charge is 0.326 e. The summed E-state index contributed by atoms with van der Waals surface area (Å²) in [6, 6.07) is 12.3. The number of carbonyl (C=O) groups is 1. The van der Waals surface area contributed by atoms with Crippen LogP contribution in [0.2, 0.25) is 0 Å². The fraction of sp³-hybridized carbons (Fsp3) is 0.286. The molecule has 0 saturated carbocycles. The van der Waals surface area contributed by atoms with Gasteiger partial charge in [-0.3, -0.25) is 19.9 Å². The third-order valence-corrected chi connectivity index (χ3v) is 5.30. The van der Waals surface area contributed by atoms with Gasteiger partial charge in [0.1, 0.15) is 12.0 Å². The lowest BCUT2D eigenvalue weighted by Crippen LogP contribution is -2.50. The van der Waals surface area contributed by atoms with E-state index in [0.717, 1.165) is 18.5 Å². The Kier molecular flexibility index (Phi) is 5.26. The van der Waals surface area contributed by atoms with Crippen LogP contribution in [-0.4, -0.2) is 46.6 Å². The number of anilines is 1. The van der Waals surface area contributed by atoms with Gasteiger partial charge in [-0.1, -0.05) is 24.3 Å². The predicted octanol–water partition coefficient (Wildman–Crippen LogP) is 3.76. The number of non-ortho nitro benzene ring substituents is 1. The average molecular weight is 396 g/mol. The standard InChI is InChI=1S/C21H21FN4O3/c22-17-6-4-16(5-7-17)15-23-12-2-1-3-20(23)25-14-13-24(21(25)27)18-8-10-19(11-9-18)26(28)29/h1,3-11,20H,2,12-15H2. The molecular weight excluding hydrogens is 375 g/mol. The molecule has 2 aliphatic heterocycles. The van der Waals surface area contributed by atoms with Gasteiger partial charge in [-0.15, -0.1) is 0 Å². The van der Waals surface area contributed by atoms with E-state index in [-0.39, 0.29) is 23.7 Å². The average Bonchev–Trinajstić information content (AvgIpc) is 3.11. The summed E-state index contributed by atoms with van der Waals surface area (Å²) in [6.07, 6.45) is 4.83. The molecule has 150 valence electrons. The molecule has 2 heterocycles. The quantitative estimate of drug-likeness (QED) is 0.438. The molecule has 0 spiro atoms. The molecule has 2 aliphatic rings. The van der Waals surface area contributed by atoms with E-state index in [1.165, 1.54) is 24.3 Å². The zero-order valence-corrected chi connectivity index (χ0v) is 15.8. The van der Waals surface area contributed by atoms with Crippen molar-refractivity contribution in [2.45, 2.75) is 19.1 Å². The van der Waals surface area contributed by atoms with Crippen LogP contribution < -0.4 is 4.90 Å². The van der Waals surface area contributed by atoms with Gasteiger partial charge in [0.25, 0.3) is 5.69 Å². The highest BCUT2D eigenvalue weighted by molar-refractivity contribution is 5.94. The molecule has 0 aliphatic carbocycles. The van der Waals surface area contributed by atoms with Gasteiger partial charge in [0.2, 0.25) is 0 Å². The second-order valence-corrected chi connectivity index (χ2v) is 7.13. The van der Waals surface area contributed by atoms with Crippen LogP contribution in [0.15, 0.2) is 60.7 Å². The normalized spacial score (nSPS) is 19.8. The smallest absolute Gasteiger partial charge is 0.303 e. The van der Waals surface area contributed by atoms with Gasteiger partial charge in [0.15, 0.2) is 0 Å². The number of nitrogens with zero attached hydrogens (tertiary/aromatic N) is 4. The Hall–Kier alpha value is -3.26. The highest BCUT2D eigenvalue weighted by Gasteiger charge is 2.36. The van der Waals surface area contributed by atoms with E-state index in [9.17, 15) is 19.3 Å². The lowest BCUT2D eigenvalue weighted by molar-refractivity contribution is -0.384. The van der Waals surface area contributed by atoms with E-state index in [2.05, 4.69) is 11.0 Å². The number of benzene rings is 2. The van der Waals surface area contributed by atoms with E-state index >= 15 is 0 Å². The van der Waals surface area contributed by atoms with E-state index < -0.39 is 4.92 Å². The van der Waals surface area contributed by atoms with Crippen LogP contribution in [0.3, 0.4) is 0 Å². The summed E-state index contributed by atoms with van der Waals surface area (Å²) in [5, 5.41) is 10.8. The zero-order valence-electron chi connectivity index (χ0n) is 15.8. The SMILES string of the molecule is O=C1N(c2ccc([N+](=O)[O-])cc2)CCN1C1C=CCCN1Cc1ccc(F)cc1. The summed E-state index contributed by atoms with van der Waals surface area (Å²) in [5.74, 6) is -0.266. The lowest BCUT2D eigenvalue weighted by Gasteiger charge is -2.37. The minimum Gasteiger partial charge on any atom is -0.303 e. The van der Waals surface area contributed by atoms with Crippen molar-refractivity contribution in [2.75, 3.05) is 24.5 Å². The van der Waals surface area contributed by atoms with Crippen LogP contribution in [0.5, 0.6) is 0 Å². The molecular formula is C21H21FN4O3. The monoisotopic (exact) mass is 396 g/mol. The fourth-order valence-corrected chi connectivity index (χ4v) is 3.80. The van der Waals surface area contributed by atoms with Crippen LogP contribution in [0.25, 0.3) is 0 Å². The number of nitro groups is 1. The van der Waals surface area contributed by atoms with Gasteiger partial charge in [-0.25, -0.2) is 9.18 Å². The van der Waals surface area contributed by atoms with Crippen molar-refractivity contribution in [1.82, 2.24) is 9.80 Å². The predicted molar refractivity (Wildman–Crippen MR) is 107 cm³/mol. The zero-order chi connectivity index (χ0) is 20.4. The number of nitro benzene ring substituents is 1.